The van der Waals surface area contributed by atoms with Crippen molar-refractivity contribution in [3.63, 3.8) is 0 Å². The summed E-state index contributed by atoms with van der Waals surface area (Å²) >= 11 is 0. The van der Waals surface area contributed by atoms with E-state index in [2.05, 4.69) is 65.3 Å². The molecule has 1 aromatic carbocycles. The summed E-state index contributed by atoms with van der Waals surface area (Å²) in [5.41, 5.74) is 1.29. The lowest BCUT2D eigenvalue weighted by molar-refractivity contribution is 0.00741. The van der Waals surface area contributed by atoms with E-state index in [0.29, 0.717) is 12.0 Å². The van der Waals surface area contributed by atoms with Gasteiger partial charge >= 0.3 is 0 Å². The van der Waals surface area contributed by atoms with Crippen LogP contribution in [-0.2, 0) is 11.3 Å². The molecule has 1 aliphatic rings. The van der Waals surface area contributed by atoms with Gasteiger partial charge in [-0.15, -0.1) is 24.0 Å². The zero-order valence-corrected chi connectivity index (χ0v) is 18.3. The van der Waals surface area contributed by atoms with Crippen molar-refractivity contribution in [1.82, 2.24) is 15.1 Å². The standard InChI is InChI=1S/C19H32N4O.HI/c1-16(2)18(23-10-12-24-13-11-23)14-21-19(20-3)22(4)15-17-8-6-5-7-9-17;/h5-9,16,18H,10-15H2,1-4H3,(H,20,21);1H. The molecule has 1 unspecified atom stereocenters. The molecule has 1 heterocycles. The molecule has 0 saturated carbocycles. The summed E-state index contributed by atoms with van der Waals surface area (Å²) in [5, 5.41) is 3.56. The lowest BCUT2D eigenvalue weighted by Gasteiger charge is -2.37. The highest BCUT2D eigenvalue weighted by Crippen LogP contribution is 2.12. The second-order valence-electron chi connectivity index (χ2n) is 6.73. The molecule has 25 heavy (non-hydrogen) atoms. The number of hydrogen-bond acceptors (Lipinski definition) is 3. The molecule has 1 N–H and O–H groups in total. The monoisotopic (exact) mass is 460 g/mol. The predicted octanol–water partition coefficient (Wildman–Crippen LogP) is 2.67. The average Bonchev–Trinajstić information content (AvgIpc) is 2.60. The van der Waals surface area contributed by atoms with Crippen LogP contribution in [0.3, 0.4) is 0 Å². The highest BCUT2D eigenvalue weighted by atomic mass is 127. The minimum Gasteiger partial charge on any atom is -0.379 e. The highest BCUT2D eigenvalue weighted by molar-refractivity contribution is 14.0. The van der Waals surface area contributed by atoms with Gasteiger partial charge in [0, 0.05) is 46.3 Å². The largest absolute Gasteiger partial charge is 0.379 e. The van der Waals surface area contributed by atoms with E-state index in [0.717, 1.165) is 45.4 Å². The van der Waals surface area contributed by atoms with Crippen LogP contribution < -0.4 is 5.32 Å². The van der Waals surface area contributed by atoms with E-state index < -0.39 is 0 Å². The summed E-state index contributed by atoms with van der Waals surface area (Å²) in [7, 11) is 3.93. The zero-order chi connectivity index (χ0) is 17.4. The Bertz CT molecular complexity index is 503. The van der Waals surface area contributed by atoms with Crippen molar-refractivity contribution in [2.24, 2.45) is 10.9 Å². The van der Waals surface area contributed by atoms with E-state index in [1.807, 2.05) is 13.1 Å². The van der Waals surface area contributed by atoms with Gasteiger partial charge in [0.05, 0.1) is 13.2 Å². The van der Waals surface area contributed by atoms with Crippen molar-refractivity contribution >= 4 is 29.9 Å². The van der Waals surface area contributed by atoms with Gasteiger partial charge < -0.3 is 15.0 Å². The van der Waals surface area contributed by atoms with Crippen molar-refractivity contribution < 1.29 is 4.74 Å². The Morgan fingerprint density at radius 1 is 1.24 bits per heavy atom. The fourth-order valence-corrected chi connectivity index (χ4v) is 3.21. The van der Waals surface area contributed by atoms with Gasteiger partial charge in [-0.25, -0.2) is 0 Å². The Kier molecular flexibility index (Phi) is 10.4. The molecule has 1 aromatic rings. The molecule has 142 valence electrons. The molecule has 0 amide bonds. The quantitative estimate of drug-likeness (QED) is 0.403. The molecule has 0 aliphatic carbocycles. The van der Waals surface area contributed by atoms with Crippen molar-refractivity contribution in [3.8, 4) is 0 Å². The summed E-state index contributed by atoms with van der Waals surface area (Å²) < 4.78 is 5.49. The predicted molar refractivity (Wildman–Crippen MR) is 116 cm³/mol. The Hall–Kier alpha value is -0.860. The van der Waals surface area contributed by atoms with E-state index >= 15 is 0 Å². The molecule has 5 nitrogen and oxygen atoms in total. The number of aliphatic imine (C=N–C) groups is 1. The topological polar surface area (TPSA) is 40.1 Å². The van der Waals surface area contributed by atoms with Crippen LogP contribution >= 0.6 is 24.0 Å². The molecule has 2 rings (SSSR count). The summed E-state index contributed by atoms with van der Waals surface area (Å²) in [6, 6.07) is 11.0. The molecule has 1 aliphatic heterocycles. The summed E-state index contributed by atoms with van der Waals surface area (Å²) in [4.78, 5) is 9.15. The minimum absolute atomic E-state index is 0. The van der Waals surface area contributed by atoms with E-state index in [1.165, 1.54) is 5.56 Å². The van der Waals surface area contributed by atoms with Gasteiger partial charge in [0.15, 0.2) is 5.96 Å². The summed E-state index contributed by atoms with van der Waals surface area (Å²) in [6.07, 6.45) is 0. The first-order valence-electron chi connectivity index (χ1n) is 8.89. The van der Waals surface area contributed by atoms with Crippen molar-refractivity contribution in [3.05, 3.63) is 35.9 Å². The highest BCUT2D eigenvalue weighted by Gasteiger charge is 2.24. The molecule has 0 aromatic heterocycles. The molecule has 6 heteroatoms. The maximum Gasteiger partial charge on any atom is 0.193 e. The first kappa shape index (κ1) is 22.2. The van der Waals surface area contributed by atoms with Crippen molar-refractivity contribution in [2.75, 3.05) is 46.9 Å². The van der Waals surface area contributed by atoms with E-state index in [9.17, 15) is 0 Å². The lowest BCUT2D eigenvalue weighted by atomic mass is 10.0. The van der Waals surface area contributed by atoms with Crippen molar-refractivity contribution in [1.29, 1.82) is 0 Å². The first-order valence-corrected chi connectivity index (χ1v) is 8.89. The van der Waals surface area contributed by atoms with Gasteiger partial charge in [-0.2, -0.15) is 0 Å². The molecule has 0 spiro atoms. The van der Waals surface area contributed by atoms with E-state index in [4.69, 9.17) is 4.74 Å². The third-order valence-electron chi connectivity index (χ3n) is 4.59. The first-order chi connectivity index (χ1) is 11.6. The molecule has 1 atom stereocenters. The zero-order valence-electron chi connectivity index (χ0n) is 15.9. The maximum absolute atomic E-state index is 5.49. The van der Waals surface area contributed by atoms with Crippen LogP contribution in [0.5, 0.6) is 0 Å². The number of rotatable bonds is 6. The van der Waals surface area contributed by atoms with Crippen molar-refractivity contribution in [2.45, 2.75) is 26.4 Å². The number of nitrogens with one attached hydrogen (secondary N) is 1. The molecule has 1 saturated heterocycles. The van der Waals surface area contributed by atoms with Gasteiger partial charge in [0.25, 0.3) is 0 Å². The second kappa shape index (κ2) is 11.7. The molecule has 1 fully saturated rings. The number of morpholine rings is 1. The number of guanidine groups is 1. The number of hydrogen-bond donors (Lipinski definition) is 1. The third kappa shape index (κ3) is 7.11. The average molecular weight is 460 g/mol. The lowest BCUT2D eigenvalue weighted by Crippen LogP contribution is -2.52. The fourth-order valence-electron chi connectivity index (χ4n) is 3.21. The number of benzene rings is 1. The van der Waals surface area contributed by atoms with E-state index in [1.54, 1.807) is 0 Å². The van der Waals surface area contributed by atoms with E-state index in [-0.39, 0.29) is 24.0 Å². The van der Waals surface area contributed by atoms with Crippen LogP contribution in [-0.4, -0.2) is 68.7 Å². The van der Waals surface area contributed by atoms with Crippen LogP contribution in [0.25, 0.3) is 0 Å². The van der Waals surface area contributed by atoms with Crippen LogP contribution in [0, 0.1) is 5.92 Å². The Labute approximate surface area is 169 Å². The van der Waals surface area contributed by atoms with Crippen LogP contribution in [0.2, 0.25) is 0 Å². The third-order valence-corrected chi connectivity index (χ3v) is 4.59. The van der Waals surface area contributed by atoms with Gasteiger partial charge in [-0.05, 0) is 11.5 Å². The van der Waals surface area contributed by atoms with Crippen LogP contribution in [0.4, 0.5) is 0 Å². The van der Waals surface area contributed by atoms with Gasteiger partial charge in [0.1, 0.15) is 0 Å². The van der Waals surface area contributed by atoms with Gasteiger partial charge in [-0.3, -0.25) is 9.89 Å². The molecule has 0 radical (unpaired) electrons. The van der Waals surface area contributed by atoms with Gasteiger partial charge in [-0.1, -0.05) is 44.2 Å². The molecular weight excluding hydrogens is 427 g/mol. The van der Waals surface area contributed by atoms with Crippen LogP contribution in [0.1, 0.15) is 19.4 Å². The maximum atomic E-state index is 5.49. The molecule has 0 bridgehead atoms. The number of ether oxygens (including phenoxy) is 1. The number of nitrogens with zero attached hydrogens (tertiary/aromatic N) is 3. The van der Waals surface area contributed by atoms with Gasteiger partial charge in [0.2, 0.25) is 0 Å². The second-order valence-corrected chi connectivity index (χ2v) is 6.73. The SMILES string of the molecule is CN=C(NCC(C(C)C)N1CCOCC1)N(C)Cc1ccccc1.I. The normalized spacial score (nSPS) is 17.1. The number of halogens is 1. The smallest absolute Gasteiger partial charge is 0.193 e. The molecular formula is C19H33IN4O. The Morgan fingerprint density at radius 2 is 1.88 bits per heavy atom. The Morgan fingerprint density at radius 3 is 2.44 bits per heavy atom. The summed E-state index contributed by atoms with van der Waals surface area (Å²) in [5.74, 6) is 1.53. The minimum atomic E-state index is 0. The Balaban J connectivity index is 0.00000312. The fraction of sp³-hybridized carbons (Fsp3) is 0.632. The van der Waals surface area contributed by atoms with Crippen LogP contribution in [0.15, 0.2) is 35.3 Å². The summed E-state index contributed by atoms with van der Waals surface area (Å²) in [6.45, 7) is 10.0.